The Morgan fingerprint density at radius 3 is 2.95 bits per heavy atom. The zero-order valence-electron chi connectivity index (χ0n) is 12.1. The highest BCUT2D eigenvalue weighted by atomic mass is 32.2. The molecule has 0 amide bonds. The molecule has 0 bridgehead atoms. The minimum atomic E-state index is 0.653. The number of aromatic amines is 1. The Morgan fingerprint density at radius 1 is 1.40 bits per heavy atom. The Labute approximate surface area is 130 Å². The van der Waals surface area contributed by atoms with Crippen LogP contribution in [0.15, 0.2) is 23.4 Å². The van der Waals surface area contributed by atoms with Gasteiger partial charge in [-0.2, -0.15) is 12.6 Å². The monoisotopic (exact) mass is 310 g/mol. The number of H-pyrrole nitrogens is 1. The van der Waals surface area contributed by atoms with E-state index in [-0.39, 0.29) is 0 Å². The lowest BCUT2D eigenvalue weighted by Crippen LogP contribution is -2.05. The first-order chi connectivity index (χ1) is 9.76. The highest BCUT2D eigenvalue weighted by molar-refractivity contribution is 7.99. The molecular weight excluding hydrogens is 288 g/mol. The lowest BCUT2D eigenvalue weighted by atomic mass is 10.1. The lowest BCUT2D eigenvalue weighted by Gasteiger charge is -2.10. The molecule has 1 aromatic heterocycles. The van der Waals surface area contributed by atoms with Gasteiger partial charge < -0.3 is 9.72 Å². The van der Waals surface area contributed by atoms with Crippen LogP contribution in [-0.2, 0) is 0 Å². The maximum Gasteiger partial charge on any atom is 0.166 e. The van der Waals surface area contributed by atoms with Gasteiger partial charge in [0.25, 0.3) is 0 Å². The molecule has 1 heterocycles. The highest BCUT2D eigenvalue weighted by Gasteiger charge is 2.09. The summed E-state index contributed by atoms with van der Waals surface area (Å²) in [4.78, 5) is 7.97. The zero-order chi connectivity index (χ0) is 14.4. The second kappa shape index (κ2) is 7.84. The van der Waals surface area contributed by atoms with Crippen molar-refractivity contribution in [2.24, 2.45) is 5.92 Å². The van der Waals surface area contributed by atoms with E-state index in [1.54, 1.807) is 11.8 Å². The maximum absolute atomic E-state index is 5.51. The van der Waals surface area contributed by atoms with Gasteiger partial charge in [0.15, 0.2) is 5.16 Å². The summed E-state index contributed by atoms with van der Waals surface area (Å²) in [5.41, 5.74) is 2.03. The predicted molar refractivity (Wildman–Crippen MR) is 90.2 cm³/mol. The number of thiol groups is 1. The predicted octanol–water partition coefficient (Wildman–Crippen LogP) is 4.40. The first-order valence-electron chi connectivity index (χ1n) is 7.13. The minimum absolute atomic E-state index is 0.653. The van der Waals surface area contributed by atoms with Crippen LogP contribution >= 0.6 is 24.4 Å². The summed E-state index contributed by atoms with van der Waals surface area (Å²) in [7, 11) is 0. The van der Waals surface area contributed by atoms with Crippen molar-refractivity contribution in [3.05, 3.63) is 18.2 Å². The molecule has 0 fully saturated rings. The van der Waals surface area contributed by atoms with Gasteiger partial charge in [0.2, 0.25) is 0 Å². The summed E-state index contributed by atoms with van der Waals surface area (Å²) in [6.45, 7) is 4.89. The third kappa shape index (κ3) is 4.09. The molecule has 1 aromatic carbocycles. The molecule has 1 N–H and O–H groups in total. The van der Waals surface area contributed by atoms with Crippen LogP contribution in [0.25, 0.3) is 11.0 Å². The molecule has 20 heavy (non-hydrogen) atoms. The molecule has 3 nitrogen and oxygen atoms in total. The van der Waals surface area contributed by atoms with Gasteiger partial charge in [-0.1, -0.05) is 25.1 Å². The molecule has 2 aromatic rings. The van der Waals surface area contributed by atoms with E-state index >= 15 is 0 Å². The van der Waals surface area contributed by atoms with Crippen LogP contribution in [0.3, 0.4) is 0 Å². The Kier molecular flexibility index (Phi) is 6.10. The molecule has 5 heteroatoms. The Balaban J connectivity index is 2.03. The van der Waals surface area contributed by atoms with Crippen LogP contribution in [0.5, 0.6) is 5.75 Å². The number of hydrogen-bond acceptors (Lipinski definition) is 4. The second-order valence-corrected chi connectivity index (χ2v) is 6.18. The molecule has 1 atom stereocenters. The van der Waals surface area contributed by atoms with Gasteiger partial charge >= 0.3 is 0 Å². The first kappa shape index (κ1) is 15.6. The summed E-state index contributed by atoms with van der Waals surface area (Å²) < 4.78 is 5.51. The SMILES string of the molecule is CCCC(CS)CSc1nc2ccc(OCC)cc2[nH]1. The molecular formula is C15H22N2OS2. The molecule has 0 spiro atoms. The minimum Gasteiger partial charge on any atom is -0.494 e. The van der Waals surface area contributed by atoms with E-state index in [1.165, 1.54) is 12.8 Å². The topological polar surface area (TPSA) is 37.9 Å². The largest absolute Gasteiger partial charge is 0.494 e. The van der Waals surface area contributed by atoms with Gasteiger partial charge in [-0.25, -0.2) is 4.98 Å². The molecule has 0 saturated carbocycles. The molecule has 110 valence electrons. The van der Waals surface area contributed by atoms with Gasteiger partial charge in [0.1, 0.15) is 5.75 Å². The van der Waals surface area contributed by atoms with Gasteiger partial charge in [0.05, 0.1) is 17.6 Å². The van der Waals surface area contributed by atoms with E-state index in [4.69, 9.17) is 4.74 Å². The van der Waals surface area contributed by atoms with Gasteiger partial charge in [-0.05, 0) is 37.1 Å². The fourth-order valence-electron chi connectivity index (χ4n) is 2.12. The van der Waals surface area contributed by atoms with Gasteiger partial charge in [0, 0.05) is 11.8 Å². The summed E-state index contributed by atoms with van der Waals surface area (Å²) in [5, 5.41) is 0.983. The number of nitrogens with one attached hydrogen (secondary N) is 1. The van der Waals surface area contributed by atoms with E-state index in [9.17, 15) is 0 Å². The zero-order valence-corrected chi connectivity index (χ0v) is 13.8. The van der Waals surface area contributed by atoms with Crippen molar-refractivity contribution in [1.82, 2.24) is 9.97 Å². The van der Waals surface area contributed by atoms with Crippen molar-refractivity contribution < 1.29 is 4.74 Å². The normalized spacial score (nSPS) is 12.8. The number of ether oxygens (including phenoxy) is 1. The Hall–Kier alpha value is -0.810. The van der Waals surface area contributed by atoms with E-state index in [1.807, 2.05) is 25.1 Å². The number of nitrogens with zero attached hydrogens (tertiary/aromatic N) is 1. The number of benzene rings is 1. The number of imidazole rings is 1. The average molecular weight is 310 g/mol. The van der Waals surface area contributed by atoms with Crippen molar-refractivity contribution in [3.63, 3.8) is 0 Å². The van der Waals surface area contributed by atoms with E-state index in [0.717, 1.165) is 33.4 Å². The molecule has 0 aliphatic rings. The van der Waals surface area contributed by atoms with Gasteiger partial charge in [-0.3, -0.25) is 0 Å². The van der Waals surface area contributed by atoms with E-state index < -0.39 is 0 Å². The lowest BCUT2D eigenvalue weighted by molar-refractivity contribution is 0.340. The standard InChI is InChI=1S/C15H22N2OS2/c1-3-5-11(9-19)10-20-15-16-13-7-6-12(18-4-2)8-14(13)17-15/h6-8,11,19H,3-5,9-10H2,1-2H3,(H,16,17). The number of rotatable bonds is 8. The van der Waals surface area contributed by atoms with Gasteiger partial charge in [-0.15, -0.1) is 0 Å². The van der Waals surface area contributed by atoms with E-state index in [0.29, 0.717) is 12.5 Å². The van der Waals surface area contributed by atoms with Crippen molar-refractivity contribution in [2.75, 3.05) is 18.1 Å². The highest BCUT2D eigenvalue weighted by Crippen LogP contribution is 2.25. The quantitative estimate of drug-likeness (QED) is 0.560. The fourth-order valence-corrected chi connectivity index (χ4v) is 3.63. The maximum atomic E-state index is 5.51. The summed E-state index contributed by atoms with van der Waals surface area (Å²) in [5.74, 6) is 3.55. The van der Waals surface area contributed by atoms with Crippen molar-refractivity contribution in [1.29, 1.82) is 0 Å². The van der Waals surface area contributed by atoms with Crippen LogP contribution in [-0.4, -0.2) is 28.1 Å². The molecule has 0 radical (unpaired) electrons. The summed E-state index contributed by atoms with van der Waals surface area (Å²) in [6, 6.07) is 5.98. The van der Waals surface area contributed by atoms with Crippen LogP contribution in [0.2, 0.25) is 0 Å². The van der Waals surface area contributed by atoms with Crippen molar-refractivity contribution in [2.45, 2.75) is 31.8 Å². The van der Waals surface area contributed by atoms with Crippen LogP contribution in [0, 0.1) is 5.92 Å². The summed E-state index contributed by atoms with van der Waals surface area (Å²) >= 11 is 6.20. The first-order valence-corrected chi connectivity index (χ1v) is 8.74. The number of fused-ring (bicyclic) bond motifs is 1. The molecule has 1 unspecified atom stereocenters. The number of aromatic nitrogens is 2. The average Bonchev–Trinajstić information content (AvgIpc) is 2.86. The number of thioether (sulfide) groups is 1. The summed E-state index contributed by atoms with van der Waals surface area (Å²) in [6.07, 6.45) is 2.44. The van der Waals surface area contributed by atoms with Crippen molar-refractivity contribution >= 4 is 35.4 Å². The van der Waals surface area contributed by atoms with Crippen LogP contribution in [0.4, 0.5) is 0 Å². The van der Waals surface area contributed by atoms with Crippen molar-refractivity contribution in [3.8, 4) is 5.75 Å². The third-order valence-corrected chi connectivity index (χ3v) is 4.77. The molecule has 0 saturated heterocycles. The Bertz CT molecular complexity index is 542. The van der Waals surface area contributed by atoms with E-state index in [2.05, 4.69) is 29.5 Å². The Morgan fingerprint density at radius 2 is 2.25 bits per heavy atom. The number of hydrogen-bond donors (Lipinski definition) is 2. The van der Waals surface area contributed by atoms with Crippen LogP contribution in [0.1, 0.15) is 26.7 Å². The fraction of sp³-hybridized carbons (Fsp3) is 0.533. The molecule has 2 rings (SSSR count). The third-order valence-electron chi connectivity index (χ3n) is 3.15. The smallest absolute Gasteiger partial charge is 0.166 e. The molecule has 0 aliphatic heterocycles. The van der Waals surface area contributed by atoms with Crippen LogP contribution < -0.4 is 4.74 Å². The second-order valence-electron chi connectivity index (χ2n) is 4.80. The molecule has 0 aliphatic carbocycles.